The Morgan fingerprint density at radius 3 is 2.05 bits per heavy atom. The largest absolute Gasteiger partial charge is 0.453 e. The molecule has 1 aromatic heterocycles. The van der Waals surface area contributed by atoms with Crippen LogP contribution in [0.15, 0.2) is 164 Å². The van der Waals surface area contributed by atoms with E-state index in [9.17, 15) is 0 Å². The number of aryl methyl sites for hydroxylation is 1. The molecule has 5 saturated carbocycles. The molecule has 0 N–H and O–H groups in total. The summed E-state index contributed by atoms with van der Waals surface area (Å²) in [5.41, 5.74) is 13.2. The van der Waals surface area contributed by atoms with Crippen LogP contribution < -0.4 is 9.64 Å². The van der Waals surface area contributed by atoms with Gasteiger partial charge in [0.1, 0.15) is 0 Å². The lowest BCUT2D eigenvalue weighted by atomic mass is 9.55. The van der Waals surface area contributed by atoms with Crippen molar-refractivity contribution < 1.29 is 4.74 Å². The quantitative estimate of drug-likeness (QED) is 0.152. The smallest absolute Gasteiger partial charge is 0.151 e. The van der Waals surface area contributed by atoms with Crippen molar-refractivity contribution in [2.45, 2.75) is 74.5 Å². The minimum atomic E-state index is 0.163. The molecule has 6 aliphatic rings. The molecule has 61 heavy (non-hydrogen) atoms. The lowest BCUT2D eigenvalue weighted by Gasteiger charge is -2.49. The maximum Gasteiger partial charge on any atom is 0.151 e. The molecule has 0 radical (unpaired) electrons. The average molecular weight is 808 g/mol. The van der Waals surface area contributed by atoms with Crippen LogP contribution in [0.3, 0.4) is 0 Å². The van der Waals surface area contributed by atoms with E-state index >= 15 is 0 Å². The summed E-state index contributed by atoms with van der Waals surface area (Å²) in [4.78, 5) is 2.31. The first-order valence-corrected chi connectivity index (χ1v) is 23.7. The fraction of sp³-hybridized carbons (Fsp3) is 0.276. The van der Waals surface area contributed by atoms with Crippen molar-refractivity contribution in [1.29, 1.82) is 0 Å². The van der Waals surface area contributed by atoms with Crippen molar-refractivity contribution >= 4 is 48.6 Å². The van der Waals surface area contributed by atoms with Gasteiger partial charge in [0.05, 0.1) is 11.4 Å². The van der Waals surface area contributed by atoms with Gasteiger partial charge in [0, 0.05) is 31.3 Å². The Kier molecular flexibility index (Phi) is 7.29. The van der Waals surface area contributed by atoms with Gasteiger partial charge >= 0.3 is 0 Å². The molecule has 1 spiro atoms. The Bertz CT molecular complexity index is 2990. The fourth-order valence-electron chi connectivity index (χ4n) is 14.3. The van der Waals surface area contributed by atoms with E-state index in [-0.39, 0.29) is 5.41 Å². The van der Waals surface area contributed by atoms with Crippen LogP contribution in [0.5, 0.6) is 11.5 Å². The zero-order valence-corrected chi connectivity index (χ0v) is 35.3. The fourth-order valence-corrected chi connectivity index (χ4v) is 15.5. The zero-order valence-electron chi connectivity index (χ0n) is 34.5. The lowest BCUT2D eigenvalue weighted by Crippen LogP contribution is -2.42. The molecule has 8 aromatic rings. The molecule has 298 valence electrons. The van der Waals surface area contributed by atoms with Crippen molar-refractivity contribution in [2.75, 3.05) is 4.90 Å². The van der Waals surface area contributed by atoms with Crippen LogP contribution in [-0.2, 0) is 17.3 Å². The van der Waals surface area contributed by atoms with Crippen molar-refractivity contribution in [3.05, 3.63) is 186 Å². The standard InChI is InChI=1S/C58H49NOS/c1-6-12-54-47(7-1)48-26-19-41(30-55(48)61-54)49-35-57(49,43-22-20-42(21-23-43)56-32-38-29-44-31-45(34-56)58(44,33-38)36-56)28-27-37-13-15-39(16-14-37)40-17-24-46(25-18-40)59-50-8-2-4-10-52(50)60-53-11-5-3-9-51(53)59/h1-26,30,38,44-45,49H,27-29,31-36H2. The second-order valence-corrected chi connectivity index (χ2v) is 21.1. The third-order valence-corrected chi connectivity index (χ3v) is 18.3. The molecule has 5 aliphatic carbocycles. The minimum Gasteiger partial charge on any atom is -0.453 e. The molecule has 5 fully saturated rings. The van der Waals surface area contributed by atoms with E-state index in [4.69, 9.17) is 4.74 Å². The predicted octanol–water partition coefficient (Wildman–Crippen LogP) is 15.8. The highest BCUT2D eigenvalue weighted by Crippen LogP contribution is 2.79. The molecule has 7 unspecified atom stereocenters. The van der Waals surface area contributed by atoms with E-state index in [1.807, 2.05) is 35.6 Å². The van der Waals surface area contributed by atoms with Crippen LogP contribution in [0.1, 0.15) is 79.5 Å². The summed E-state index contributed by atoms with van der Waals surface area (Å²) >= 11 is 1.95. The van der Waals surface area contributed by atoms with Crippen LogP contribution in [0.4, 0.5) is 17.1 Å². The Hall–Kier alpha value is -5.64. The van der Waals surface area contributed by atoms with Gasteiger partial charge in [0.25, 0.3) is 0 Å². The van der Waals surface area contributed by atoms with Crippen LogP contribution in [0.25, 0.3) is 31.3 Å². The van der Waals surface area contributed by atoms with Crippen molar-refractivity contribution in [1.82, 2.24) is 0 Å². The lowest BCUT2D eigenvalue weighted by molar-refractivity contribution is -0.000161. The number of anilines is 3. The van der Waals surface area contributed by atoms with Gasteiger partial charge in [-0.15, -0.1) is 11.3 Å². The monoisotopic (exact) mass is 807 g/mol. The predicted molar refractivity (Wildman–Crippen MR) is 252 cm³/mol. The highest BCUT2D eigenvalue weighted by atomic mass is 32.1. The number of fused-ring (bicyclic) bond motifs is 7. The van der Waals surface area contributed by atoms with Crippen molar-refractivity contribution in [3.8, 4) is 22.6 Å². The summed E-state index contributed by atoms with van der Waals surface area (Å²) in [6.07, 6.45) is 12.5. The van der Waals surface area contributed by atoms with Crippen LogP contribution in [0, 0.1) is 23.2 Å². The summed E-state index contributed by atoms with van der Waals surface area (Å²) in [6.45, 7) is 0. The first kappa shape index (κ1) is 35.0. The van der Waals surface area contributed by atoms with Gasteiger partial charge in [-0.2, -0.15) is 0 Å². The molecule has 3 bridgehead atoms. The van der Waals surface area contributed by atoms with Crippen LogP contribution >= 0.6 is 11.3 Å². The molecule has 3 heteroatoms. The average Bonchev–Trinajstić information content (AvgIpc) is 3.81. The summed E-state index contributed by atoms with van der Waals surface area (Å²) in [5.74, 6) is 5.33. The number of nitrogens with zero attached hydrogens (tertiary/aromatic N) is 1. The Balaban J connectivity index is 0.745. The Morgan fingerprint density at radius 2 is 1.26 bits per heavy atom. The van der Waals surface area contributed by atoms with E-state index in [0.29, 0.717) is 11.3 Å². The number of thiophene rings is 1. The number of benzene rings is 7. The van der Waals surface area contributed by atoms with Crippen LogP contribution in [-0.4, -0.2) is 0 Å². The summed E-state index contributed by atoms with van der Waals surface area (Å²) in [6, 6.07) is 61.8. The highest BCUT2D eigenvalue weighted by molar-refractivity contribution is 7.25. The molecular weight excluding hydrogens is 759 g/mol. The molecule has 0 amide bonds. The molecule has 14 rings (SSSR count). The van der Waals surface area contributed by atoms with Crippen molar-refractivity contribution in [2.24, 2.45) is 23.2 Å². The van der Waals surface area contributed by atoms with Crippen LogP contribution in [0.2, 0.25) is 0 Å². The Labute approximate surface area is 362 Å². The third kappa shape index (κ3) is 5.14. The molecule has 2 nitrogen and oxygen atoms in total. The maximum atomic E-state index is 6.27. The van der Waals surface area contributed by atoms with Gasteiger partial charge in [-0.1, -0.05) is 115 Å². The van der Waals surface area contributed by atoms with Gasteiger partial charge in [-0.25, -0.2) is 0 Å². The number of hydrogen-bond acceptors (Lipinski definition) is 3. The second-order valence-electron chi connectivity index (χ2n) is 20.0. The topological polar surface area (TPSA) is 12.5 Å². The number of hydrogen-bond donors (Lipinski definition) is 0. The van der Waals surface area contributed by atoms with Gasteiger partial charge in [0.15, 0.2) is 11.5 Å². The van der Waals surface area contributed by atoms with E-state index in [0.717, 1.165) is 64.6 Å². The third-order valence-electron chi connectivity index (χ3n) is 17.1. The first-order valence-electron chi connectivity index (χ1n) is 22.9. The van der Waals surface area contributed by atoms with E-state index < -0.39 is 0 Å². The van der Waals surface area contributed by atoms with Gasteiger partial charge in [0.2, 0.25) is 0 Å². The van der Waals surface area contributed by atoms with Gasteiger partial charge in [-0.05, 0) is 174 Å². The first-order chi connectivity index (χ1) is 30.0. The van der Waals surface area contributed by atoms with E-state index in [1.165, 1.54) is 81.0 Å². The van der Waals surface area contributed by atoms with Gasteiger partial charge in [-0.3, -0.25) is 0 Å². The maximum absolute atomic E-state index is 6.27. The van der Waals surface area contributed by atoms with Gasteiger partial charge < -0.3 is 9.64 Å². The molecule has 0 saturated heterocycles. The zero-order chi connectivity index (χ0) is 39.9. The number of para-hydroxylation sites is 4. The molecule has 7 atom stereocenters. The minimum absolute atomic E-state index is 0.163. The summed E-state index contributed by atoms with van der Waals surface area (Å²) in [5, 5.41) is 2.79. The van der Waals surface area contributed by atoms with E-state index in [2.05, 4.69) is 144 Å². The van der Waals surface area contributed by atoms with E-state index in [1.54, 1.807) is 17.5 Å². The normalized spacial score (nSPS) is 28.6. The number of rotatable bonds is 8. The molecule has 7 aromatic carbocycles. The second kappa shape index (κ2) is 12.7. The van der Waals surface area contributed by atoms with Crippen molar-refractivity contribution in [3.63, 3.8) is 0 Å². The summed E-state index contributed by atoms with van der Waals surface area (Å²) < 4.78 is 9.08. The highest BCUT2D eigenvalue weighted by Gasteiger charge is 2.71. The Morgan fingerprint density at radius 1 is 0.574 bits per heavy atom. The molecular formula is C58H49NOS. The number of ether oxygens (including phenoxy) is 1. The molecule has 1 aliphatic heterocycles. The molecule has 2 heterocycles. The SMILES string of the molecule is c1ccc2c(c1)Oc1ccccc1N2c1ccc(-c2ccc(CCC3(c4ccc(C56CC7CC8CC(C5)C8(C7)C6)cc4)CC3c3ccc4c(c3)sc3ccccc34)cc2)cc1. The summed E-state index contributed by atoms with van der Waals surface area (Å²) in [7, 11) is 0.